The van der Waals surface area contributed by atoms with Crippen LogP contribution in [0, 0.1) is 5.41 Å². The minimum absolute atomic E-state index is 0.0977. The van der Waals surface area contributed by atoms with E-state index in [1.807, 2.05) is 0 Å². The molecule has 1 N–H and O–H groups in total. The molecule has 2 rings (SSSR count). The first-order chi connectivity index (χ1) is 8.65. The van der Waals surface area contributed by atoms with Gasteiger partial charge in [0.15, 0.2) is 0 Å². The average molecular weight is 315 g/mol. The molecule has 18 heavy (non-hydrogen) atoms. The number of aryl methyl sites for hydroxylation is 2. The third-order valence-corrected chi connectivity index (χ3v) is 5.15. The van der Waals surface area contributed by atoms with E-state index in [1.54, 1.807) is 0 Å². The quantitative estimate of drug-likeness (QED) is 0.905. The minimum Gasteiger partial charge on any atom is -0.396 e. The number of aliphatic hydroxyl groups excluding tert-OH is 1. The SMILES string of the molecule is CCc1nn(CC)c(CC2(CO)CCCC2)c1Br. The van der Waals surface area contributed by atoms with Crippen molar-refractivity contribution in [2.45, 2.75) is 58.9 Å². The molecule has 0 aromatic carbocycles. The van der Waals surface area contributed by atoms with Gasteiger partial charge in [-0.2, -0.15) is 5.10 Å². The van der Waals surface area contributed by atoms with Gasteiger partial charge >= 0.3 is 0 Å². The van der Waals surface area contributed by atoms with Gasteiger partial charge < -0.3 is 5.11 Å². The van der Waals surface area contributed by atoms with Gasteiger partial charge in [0.05, 0.1) is 15.9 Å². The highest BCUT2D eigenvalue weighted by molar-refractivity contribution is 9.10. The lowest BCUT2D eigenvalue weighted by Gasteiger charge is -2.26. The van der Waals surface area contributed by atoms with Gasteiger partial charge in [0.25, 0.3) is 0 Å². The van der Waals surface area contributed by atoms with Crippen molar-refractivity contribution in [2.24, 2.45) is 5.41 Å². The fraction of sp³-hybridized carbons (Fsp3) is 0.786. The topological polar surface area (TPSA) is 38.0 Å². The first-order valence-electron chi connectivity index (χ1n) is 7.00. The van der Waals surface area contributed by atoms with Gasteiger partial charge in [0.2, 0.25) is 0 Å². The van der Waals surface area contributed by atoms with Crippen LogP contribution in [0.4, 0.5) is 0 Å². The summed E-state index contributed by atoms with van der Waals surface area (Å²) in [4.78, 5) is 0. The van der Waals surface area contributed by atoms with E-state index >= 15 is 0 Å². The van der Waals surface area contributed by atoms with Gasteiger partial charge in [0, 0.05) is 13.2 Å². The zero-order valence-electron chi connectivity index (χ0n) is 11.4. The number of halogens is 1. The standard InChI is InChI=1S/C14H23BrN2O/c1-3-11-13(15)12(17(4-2)16-11)9-14(10-18)7-5-6-8-14/h18H,3-10H2,1-2H3. The summed E-state index contributed by atoms with van der Waals surface area (Å²) in [5.41, 5.74) is 2.50. The van der Waals surface area contributed by atoms with Crippen molar-refractivity contribution >= 4 is 15.9 Å². The Hall–Kier alpha value is -0.350. The summed E-state index contributed by atoms with van der Waals surface area (Å²) in [6, 6.07) is 0. The summed E-state index contributed by atoms with van der Waals surface area (Å²) in [6.45, 7) is 5.46. The van der Waals surface area contributed by atoms with Gasteiger partial charge in [-0.15, -0.1) is 0 Å². The average Bonchev–Trinajstić information content (AvgIpc) is 2.97. The highest BCUT2D eigenvalue weighted by Crippen LogP contribution is 2.42. The maximum Gasteiger partial charge on any atom is 0.0766 e. The van der Waals surface area contributed by atoms with Crippen LogP contribution in [-0.4, -0.2) is 21.5 Å². The van der Waals surface area contributed by atoms with Gasteiger partial charge in [-0.25, -0.2) is 0 Å². The van der Waals surface area contributed by atoms with E-state index in [1.165, 1.54) is 18.5 Å². The third kappa shape index (κ3) is 2.50. The normalized spacial score (nSPS) is 18.4. The van der Waals surface area contributed by atoms with E-state index in [9.17, 15) is 5.11 Å². The maximum absolute atomic E-state index is 9.75. The number of aliphatic hydroxyl groups is 1. The van der Waals surface area contributed by atoms with E-state index in [4.69, 9.17) is 0 Å². The molecule has 0 aliphatic heterocycles. The van der Waals surface area contributed by atoms with Crippen LogP contribution in [0.25, 0.3) is 0 Å². The molecule has 102 valence electrons. The predicted octanol–water partition coefficient (Wildman–Crippen LogP) is 3.32. The fourth-order valence-electron chi connectivity index (χ4n) is 3.06. The van der Waals surface area contributed by atoms with Crippen LogP contribution in [0.5, 0.6) is 0 Å². The largest absolute Gasteiger partial charge is 0.396 e. The van der Waals surface area contributed by atoms with Crippen molar-refractivity contribution in [3.63, 3.8) is 0 Å². The molecule has 1 saturated carbocycles. The van der Waals surface area contributed by atoms with Gasteiger partial charge in [-0.05, 0) is 54.0 Å². The van der Waals surface area contributed by atoms with Crippen molar-refractivity contribution in [3.8, 4) is 0 Å². The Bertz CT molecular complexity index is 408. The van der Waals surface area contributed by atoms with E-state index in [2.05, 4.69) is 39.6 Å². The first-order valence-corrected chi connectivity index (χ1v) is 7.80. The molecule has 1 aliphatic carbocycles. The van der Waals surface area contributed by atoms with Crippen molar-refractivity contribution in [2.75, 3.05) is 6.61 Å². The van der Waals surface area contributed by atoms with Crippen LogP contribution in [0.1, 0.15) is 50.9 Å². The number of rotatable bonds is 5. The lowest BCUT2D eigenvalue weighted by Crippen LogP contribution is -2.26. The summed E-state index contributed by atoms with van der Waals surface area (Å²) in [7, 11) is 0. The molecule has 4 heteroatoms. The Morgan fingerprint density at radius 1 is 1.33 bits per heavy atom. The molecular formula is C14H23BrN2O. The van der Waals surface area contributed by atoms with Crippen molar-refractivity contribution in [3.05, 3.63) is 15.9 Å². The van der Waals surface area contributed by atoms with Crippen molar-refractivity contribution in [1.29, 1.82) is 0 Å². The molecule has 1 heterocycles. The molecule has 0 saturated heterocycles. The molecule has 1 aromatic rings. The molecule has 1 aliphatic rings. The lowest BCUT2D eigenvalue weighted by molar-refractivity contribution is 0.128. The van der Waals surface area contributed by atoms with Crippen molar-refractivity contribution < 1.29 is 5.11 Å². The number of hydrogen-bond acceptors (Lipinski definition) is 2. The van der Waals surface area contributed by atoms with Gasteiger partial charge in [-0.3, -0.25) is 4.68 Å². The molecule has 1 aromatic heterocycles. The molecular weight excluding hydrogens is 292 g/mol. The highest BCUT2D eigenvalue weighted by Gasteiger charge is 2.35. The summed E-state index contributed by atoms with van der Waals surface area (Å²) in [6.07, 6.45) is 6.69. The number of aromatic nitrogens is 2. The summed E-state index contributed by atoms with van der Waals surface area (Å²) >= 11 is 3.70. The van der Waals surface area contributed by atoms with Crippen molar-refractivity contribution in [1.82, 2.24) is 9.78 Å². The predicted molar refractivity (Wildman–Crippen MR) is 76.7 cm³/mol. The smallest absolute Gasteiger partial charge is 0.0766 e. The van der Waals surface area contributed by atoms with Crippen LogP contribution in [0.2, 0.25) is 0 Å². The summed E-state index contributed by atoms with van der Waals surface area (Å²) in [5.74, 6) is 0. The maximum atomic E-state index is 9.75. The summed E-state index contributed by atoms with van der Waals surface area (Å²) < 4.78 is 3.25. The number of nitrogens with zero attached hydrogens (tertiary/aromatic N) is 2. The van der Waals surface area contributed by atoms with Gasteiger partial charge in [0.1, 0.15) is 0 Å². The lowest BCUT2D eigenvalue weighted by atomic mass is 9.82. The van der Waals surface area contributed by atoms with Crippen LogP contribution in [0.15, 0.2) is 4.47 Å². The highest BCUT2D eigenvalue weighted by atomic mass is 79.9. The fourth-order valence-corrected chi connectivity index (χ4v) is 3.76. The minimum atomic E-state index is 0.0977. The third-order valence-electron chi connectivity index (χ3n) is 4.24. The second kappa shape index (κ2) is 5.74. The molecule has 3 nitrogen and oxygen atoms in total. The Kier molecular flexibility index (Phi) is 4.49. The second-order valence-electron chi connectivity index (χ2n) is 5.42. The van der Waals surface area contributed by atoms with Crippen LogP contribution in [0.3, 0.4) is 0 Å². The van der Waals surface area contributed by atoms with E-state index in [0.717, 1.165) is 42.4 Å². The molecule has 0 unspecified atom stereocenters. The van der Waals surface area contributed by atoms with E-state index < -0.39 is 0 Å². The van der Waals surface area contributed by atoms with E-state index in [0.29, 0.717) is 6.61 Å². The molecule has 0 spiro atoms. The Morgan fingerprint density at radius 2 is 2.00 bits per heavy atom. The van der Waals surface area contributed by atoms with Crippen LogP contribution < -0.4 is 0 Å². The first kappa shape index (κ1) is 14.1. The molecule has 0 bridgehead atoms. The van der Waals surface area contributed by atoms with Crippen LogP contribution in [-0.2, 0) is 19.4 Å². The zero-order chi connectivity index (χ0) is 13.2. The molecule has 0 atom stereocenters. The summed E-state index contributed by atoms with van der Waals surface area (Å²) in [5, 5.41) is 14.4. The molecule has 0 amide bonds. The second-order valence-corrected chi connectivity index (χ2v) is 6.21. The number of hydrogen-bond donors (Lipinski definition) is 1. The zero-order valence-corrected chi connectivity index (χ0v) is 13.0. The van der Waals surface area contributed by atoms with E-state index in [-0.39, 0.29) is 5.41 Å². The Balaban J connectivity index is 2.29. The Morgan fingerprint density at radius 3 is 2.50 bits per heavy atom. The molecule has 1 fully saturated rings. The monoisotopic (exact) mass is 314 g/mol. The van der Waals surface area contributed by atoms with Gasteiger partial charge in [-0.1, -0.05) is 19.8 Å². The molecule has 0 radical (unpaired) electrons. The van der Waals surface area contributed by atoms with Crippen LogP contribution >= 0.6 is 15.9 Å². The Labute approximate surface area is 118 Å².